The molecule has 0 bridgehead atoms. The standard InChI is InChI=1S/C16H14BrClFNO2/c1-10(12-4-2-3-5-13(12)17)20-16(21)9-22-11-6-7-15(19)14(18)8-11/h2-8,10H,9H2,1H3,(H,20,21)/t10-/m0/s1. The fourth-order valence-electron chi connectivity index (χ4n) is 1.90. The zero-order valence-electron chi connectivity index (χ0n) is 11.8. The number of carbonyl (C=O) groups excluding carboxylic acids is 1. The molecule has 1 atom stereocenters. The van der Waals surface area contributed by atoms with E-state index in [9.17, 15) is 9.18 Å². The molecular formula is C16H14BrClFNO2. The van der Waals surface area contributed by atoms with Gasteiger partial charge >= 0.3 is 0 Å². The molecule has 0 radical (unpaired) electrons. The van der Waals surface area contributed by atoms with Crippen LogP contribution in [0.5, 0.6) is 5.75 Å². The van der Waals surface area contributed by atoms with Crippen molar-refractivity contribution in [2.75, 3.05) is 6.61 Å². The first kappa shape index (κ1) is 16.8. The highest BCUT2D eigenvalue weighted by Gasteiger charge is 2.12. The van der Waals surface area contributed by atoms with E-state index >= 15 is 0 Å². The van der Waals surface area contributed by atoms with Crippen molar-refractivity contribution in [3.63, 3.8) is 0 Å². The SMILES string of the molecule is C[C@H](NC(=O)COc1ccc(F)c(Cl)c1)c1ccccc1Br. The molecule has 22 heavy (non-hydrogen) atoms. The maximum atomic E-state index is 13.0. The Morgan fingerprint density at radius 3 is 2.77 bits per heavy atom. The van der Waals surface area contributed by atoms with Crippen LogP contribution in [0, 0.1) is 5.82 Å². The third-order valence-electron chi connectivity index (χ3n) is 3.01. The van der Waals surface area contributed by atoms with Gasteiger partial charge < -0.3 is 10.1 Å². The van der Waals surface area contributed by atoms with Crippen LogP contribution < -0.4 is 10.1 Å². The van der Waals surface area contributed by atoms with Crippen LogP contribution in [0.15, 0.2) is 46.9 Å². The van der Waals surface area contributed by atoms with Gasteiger partial charge in [-0.05, 0) is 30.7 Å². The van der Waals surface area contributed by atoms with E-state index < -0.39 is 5.82 Å². The summed E-state index contributed by atoms with van der Waals surface area (Å²) >= 11 is 9.09. The molecule has 116 valence electrons. The van der Waals surface area contributed by atoms with Gasteiger partial charge in [0.05, 0.1) is 11.1 Å². The van der Waals surface area contributed by atoms with Gasteiger partial charge in [-0.2, -0.15) is 0 Å². The number of carbonyl (C=O) groups is 1. The van der Waals surface area contributed by atoms with E-state index in [0.29, 0.717) is 5.75 Å². The molecule has 3 nitrogen and oxygen atoms in total. The lowest BCUT2D eigenvalue weighted by Crippen LogP contribution is -2.31. The molecule has 0 fully saturated rings. The molecule has 0 aliphatic heterocycles. The second kappa shape index (κ2) is 7.61. The molecule has 2 aromatic carbocycles. The molecule has 0 saturated heterocycles. The van der Waals surface area contributed by atoms with E-state index in [4.69, 9.17) is 16.3 Å². The highest BCUT2D eigenvalue weighted by Crippen LogP contribution is 2.23. The lowest BCUT2D eigenvalue weighted by molar-refractivity contribution is -0.123. The number of nitrogens with one attached hydrogen (secondary N) is 1. The molecule has 2 aromatic rings. The van der Waals surface area contributed by atoms with Gasteiger partial charge in [0.1, 0.15) is 11.6 Å². The number of amides is 1. The third kappa shape index (κ3) is 4.45. The predicted octanol–water partition coefficient (Wildman–Crippen LogP) is 4.50. The number of halogens is 3. The molecule has 0 spiro atoms. The van der Waals surface area contributed by atoms with E-state index in [1.807, 2.05) is 31.2 Å². The minimum Gasteiger partial charge on any atom is -0.484 e. The van der Waals surface area contributed by atoms with Crippen molar-refractivity contribution in [2.24, 2.45) is 0 Å². The maximum absolute atomic E-state index is 13.0. The van der Waals surface area contributed by atoms with Crippen molar-refractivity contribution in [1.29, 1.82) is 0 Å². The van der Waals surface area contributed by atoms with E-state index in [2.05, 4.69) is 21.2 Å². The smallest absolute Gasteiger partial charge is 0.258 e. The molecule has 0 heterocycles. The Labute approximate surface area is 141 Å². The molecule has 1 amide bonds. The van der Waals surface area contributed by atoms with Crippen molar-refractivity contribution in [1.82, 2.24) is 5.32 Å². The second-order valence-electron chi connectivity index (χ2n) is 4.68. The van der Waals surface area contributed by atoms with Crippen molar-refractivity contribution >= 4 is 33.4 Å². The van der Waals surface area contributed by atoms with Gasteiger partial charge in [-0.3, -0.25) is 4.79 Å². The Morgan fingerprint density at radius 2 is 2.09 bits per heavy atom. The summed E-state index contributed by atoms with van der Waals surface area (Å²) in [6.07, 6.45) is 0. The molecule has 0 aliphatic carbocycles. The lowest BCUT2D eigenvalue weighted by atomic mass is 10.1. The minimum absolute atomic E-state index is 0.0421. The Kier molecular flexibility index (Phi) is 5.80. The highest BCUT2D eigenvalue weighted by atomic mass is 79.9. The molecule has 0 aromatic heterocycles. The van der Waals surface area contributed by atoms with Gasteiger partial charge in [-0.15, -0.1) is 0 Å². The number of hydrogen-bond donors (Lipinski definition) is 1. The zero-order valence-corrected chi connectivity index (χ0v) is 14.1. The summed E-state index contributed by atoms with van der Waals surface area (Å²) in [5.74, 6) is -0.459. The molecule has 6 heteroatoms. The van der Waals surface area contributed by atoms with E-state index in [0.717, 1.165) is 10.0 Å². The molecular weight excluding hydrogens is 373 g/mol. The predicted molar refractivity (Wildman–Crippen MR) is 87.6 cm³/mol. The van der Waals surface area contributed by atoms with Crippen LogP contribution in [0.2, 0.25) is 5.02 Å². The fraction of sp³-hybridized carbons (Fsp3) is 0.188. The lowest BCUT2D eigenvalue weighted by Gasteiger charge is -2.16. The maximum Gasteiger partial charge on any atom is 0.258 e. The Morgan fingerprint density at radius 1 is 1.36 bits per heavy atom. The van der Waals surface area contributed by atoms with E-state index in [1.54, 1.807) is 0 Å². The Bertz CT molecular complexity index is 681. The molecule has 0 saturated carbocycles. The zero-order chi connectivity index (χ0) is 16.1. The summed E-state index contributed by atoms with van der Waals surface area (Å²) in [5, 5.41) is 2.79. The van der Waals surface area contributed by atoms with Gasteiger partial charge in [0, 0.05) is 10.5 Å². The molecule has 0 aliphatic rings. The van der Waals surface area contributed by atoms with Crippen LogP contribution in [-0.2, 0) is 4.79 Å². The van der Waals surface area contributed by atoms with Crippen LogP contribution in [0.4, 0.5) is 4.39 Å². The monoisotopic (exact) mass is 385 g/mol. The number of hydrogen-bond acceptors (Lipinski definition) is 2. The molecule has 2 rings (SSSR count). The van der Waals surface area contributed by atoms with Crippen molar-refractivity contribution in [3.8, 4) is 5.75 Å². The molecule has 0 unspecified atom stereocenters. The van der Waals surface area contributed by atoms with Crippen LogP contribution in [0.1, 0.15) is 18.5 Å². The van der Waals surface area contributed by atoms with Crippen LogP contribution in [-0.4, -0.2) is 12.5 Å². The van der Waals surface area contributed by atoms with Crippen molar-refractivity contribution in [3.05, 3.63) is 63.3 Å². The molecule has 1 N–H and O–H groups in total. The summed E-state index contributed by atoms with van der Waals surface area (Å²) in [5.41, 5.74) is 0.973. The van der Waals surface area contributed by atoms with Gasteiger partial charge in [-0.1, -0.05) is 45.7 Å². The topological polar surface area (TPSA) is 38.3 Å². The van der Waals surface area contributed by atoms with Gasteiger partial charge in [-0.25, -0.2) is 4.39 Å². The Hall–Kier alpha value is -1.59. The number of rotatable bonds is 5. The van der Waals surface area contributed by atoms with E-state index in [-0.39, 0.29) is 23.6 Å². The van der Waals surface area contributed by atoms with Crippen LogP contribution in [0.3, 0.4) is 0 Å². The summed E-state index contributed by atoms with van der Waals surface area (Å²) in [6.45, 7) is 1.71. The summed E-state index contributed by atoms with van der Waals surface area (Å²) in [4.78, 5) is 11.9. The third-order valence-corrected chi connectivity index (χ3v) is 4.02. The van der Waals surface area contributed by atoms with E-state index in [1.165, 1.54) is 18.2 Å². The number of benzene rings is 2. The first-order chi connectivity index (χ1) is 10.5. The van der Waals surface area contributed by atoms with Crippen molar-refractivity contribution in [2.45, 2.75) is 13.0 Å². The largest absolute Gasteiger partial charge is 0.484 e. The van der Waals surface area contributed by atoms with Crippen LogP contribution in [0.25, 0.3) is 0 Å². The van der Waals surface area contributed by atoms with Crippen molar-refractivity contribution < 1.29 is 13.9 Å². The minimum atomic E-state index is -0.527. The normalized spacial score (nSPS) is 11.8. The van der Waals surface area contributed by atoms with Gasteiger partial charge in [0.2, 0.25) is 0 Å². The summed E-state index contributed by atoms with van der Waals surface area (Å²) in [6, 6.07) is 11.4. The average molecular weight is 387 g/mol. The van der Waals surface area contributed by atoms with Gasteiger partial charge in [0.15, 0.2) is 6.61 Å². The first-order valence-corrected chi connectivity index (χ1v) is 7.76. The average Bonchev–Trinajstić information content (AvgIpc) is 2.49. The summed E-state index contributed by atoms with van der Waals surface area (Å²) in [7, 11) is 0. The quantitative estimate of drug-likeness (QED) is 0.822. The highest BCUT2D eigenvalue weighted by molar-refractivity contribution is 9.10. The van der Waals surface area contributed by atoms with Gasteiger partial charge in [0.25, 0.3) is 5.91 Å². The summed E-state index contributed by atoms with van der Waals surface area (Å²) < 4.78 is 19.2. The number of ether oxygens (including phenoxy) is 1. The fourth-order valence-corrected chi connectivity index (χ4v) is 2.70. The van der Waals surface area contributed by atoms with Crippen LogP contribution >= 0.6 is 27.5 Å². The Balaban J connectivity index is 1.90. The second-order valence-corrected chi connectivity index (χ2v) is 5.94. The first-order valence-electron chi connectivity index (χ1n) is 6.59.